The van der Waals surface area contributed by atoms with E-state index in [1.54, 1.807) is 0 Å². The Kier molecular flexibility index (Phi) is 5.47. The highest BCUT2D eigenvalue weighted by Gasteiger charge is 2.37. The predicted octanol–water partition coefficient (Wildman–Crippen LogP) is 3.58. The molecule has 0 radical (unpaired) electrons. The number of rotatable bonds is 4. The minimum absolute atomic E-state index is 0.109. The third kappa shape index (κ3) is 5.36. The molecule has 1 aromatic rings. The van der Waals surface area contributed by atoms with Gasteiger partial charge >= 0.3 is 18.5 Å². The summed E-state index contributed by atoms with van der Waals surface area (Å²) in [6.07, 6.45) is -11.1. The second-order valence-corrected chi connectivity index (χ2v) is 4.14. The van der Waals surface area contributed by atoms with Crippen LogP contribution < -0.4 is 4.74 Å². The maximum Gasteiger partial charge on any atom is 0.573 e. The molecule has 0 heterocycles. The number of alkyl halides is 6. The number of nitriles is 1. The van der Waals surface area contributed by atoms with E-state index >= 15 is 0 Å². The fraction of sp³-hybridized carbons (Fsp3) is 0.385. The summed E-state index contributed by atoms with van der Waals surface area (Å²) in [6.45, 7) is 1.31. The Morgan fingerprint density at radius 3 is 2.26 bits per heavy atom. The Bertz CT molecular complexity index is 630. The molecule has 0 aliphatic rings. The van der Waals surface area contributed by atoms with Crippen LogP contribution in [0.15, 0.2) is 12.1 Å². The molecule has 0 N–H and O–H groups in total. The van der Waals surface area contributed by atoms with Crippen LogP contribution in [0.2, 0.25) is 0 Å². The van der Waals surface area contributed by atoms with Crippen LogP contribution in [-0.4, -0.2) is 18.9 Å². The molecule has 0 aromatic heterocycles. The fourth-order valence-corrected chi connectivity index (χ4v) is 1.70. The number of hydrogen-bond donors (Lipinski definition) is 0. The van der Waals surface area contributed by atoms with Crippen molar-refractivity contribution < 1.29 is 40.6 Å². The van der Waals surface area contributed by atoms with E-state index in [1.165, 1.54) is 13.0 Å². The first-order valence-electron chi connectivity index (χ1n) is 6.03. The Hall–Kier alpha value is -2.44. The molecule has 4 nitrogen and oxygen atoms in total. The van der Waals surface area contributed by atoms with Gasteiger partial charge in [-0.1, -0.05) is 0 Å². The molecule has 0 aliphatic carbocycles. The number of esters is 1. The lowest BCUT2D eigenvalue weighted by atomic mass is 10.00. The topological polar surface area (TPSA) is 59.3 Å². The summed E-state index contributed by atoms with van der Waals surface area (Å²) in [6, 6.07) is 1.77. The molecule has 1 aromatic carbocycles. The van der Waals surface area contributed by atoms with E-state index < -0.39 is 47.4 Å². The first-order chi connectivity index (χ1) is 10.5. The van der Waals surface area contributed by atoms with Gasteiger partial charge in [0.2, 0.25) is 0 Å². The number of halogens is 6. The normalized spacial score (nSPS) is 11.7. The van der Waals surface area contributed by atoms with Crippen molar-refractivity contribution in [3.63, 3.8) is 0 Å². The van der Waals surface area contributed by atoms with E-state index in [9.17, 15) is 31.1 Å². The van der Waals surface area contributed by atoms with Gasteiger partial charge in [0.05, 0.1) is 24.2 Å². The number of carbonyl (C=O) groups is 1. The van der Waals surface area contributed by atoms with Crippen LogP contribution >= 0.6 is 0 Å². The maximum atomic E-state index is 12.9. The van der Waals surface area contributed by atoms with E-state index in [4.69, 9.17) is 5.26 Å². The van der Waals surface area contributed by atoms with E-state index in [1.807, 2.05) is 0 Å². The average Bonchev–Trinajstić information content (AvgIpc) is 2.35. The summed E-state index contributed by atoms with van der Waals surface area (Å²) in [7, 11) is 0. The largest absolute Gasteiger partial charge is 0.573 e. The second-order valence-electron chi connectivity index (χ2n) is 4.14. The summed E-state index contributed by atoms with van der Waals surface area (Å²) in [5.74, 6) is -2.17. The highest BCUT2D eigenvalue weighted by atomic mass is 19.4. The zero-order valence-corrected chi connectivity index (χ0v) is 11.5. The Labute approximate surface area is 126 Å². The molecule has 126 valence electrons. The van der Waals surface area contributed by atoms with E-state index in [0.29, 0.717) is 6.07 Å². The van der Waals surface area contributed by atoms with Crippen molar-refractivity contribution in [2.45, 2.75) is 25.9 Å². The van der Waals surface area contributed by atoms with Crippen molar-refractivity contribution in [3.05, 3.63) is 28.8 Å². The van der Waals surface area contributed by atoms with Gasteiger partial charge in [-0.3, -0.25) is 4.79 Å². The number of carbonyl (C=O) groups excluding carboxylic acids is 1. The third-order valence-corrected chi connectivity index (χ3v) is 2.50. The van der Waals surface area contributed by atoms with Crippen molar-refractivity contribution in [1.82, 2.24) is 0 Å². The molecule has 0 spiro atoms. The minimum Gasteiger partial charge on any atom is -0.466 e. The van der Waals surface area contributed by atoms with Crippen LogP contribution in [0.1, 0.15) is 23.6 Å². The minimum atomic E-state index is -5.20. The van der Waals surface area contributed by atoms with E-state index in [-0.39, 0.29) is 12.7 Å². The molecule has 0 bridgehead atoms. The monoisotopic (exact) mass is 341 g/mol. The molecule has 0 fully saturated rings. The predicted molar refractivity (Wildman–Crippen MR) is 63.2 cm³/mol. The quantitative estimate of drug-likeness (QED) is 0.620. The van der Waals surface area contributed by atoms with Gasteiger partial charge in [-0.05, 0) is 24.6 Å². The number of hydrogen-bond acceptors (Lipinski definition) is 4. The molecule has 0 saturated heterocycles. The van der Waals surface area contributed by atoms with Gasteiger partial charge in [-0.25, -0.2) is 0 Å². The van der Waals surface area contributed by atoms with Gasteiger partial charge in [0, 0.05) is 0 Å². The lowest BCUT2D eigenvalue weighted by Gasteiger charge is -2.16. The van der Waals surface area contributed by atoms with Gasteiger partial charge in [-0.2, -0.15) is 18.4 Å². The summed E-state index contributed by atoms with van der Waals surface area (Å²) in [5.41, 5.74) is -3.15. The van der Waals surface area contributed by atoms with Crippen LogP contribution in [0.5, 0.6) is 5.75 Å². The number of nitrogens with zero attached hydrogens (tertiary/aromatic N) is 1. The van der Waals surface area contributed by atoms with Gasteiger partial charge in [0.1, 0.15) is 11.8 Å². The van der Waals surface area contributed by atoms with Crippen molar-refractivity contribution in [3.8, 4) is 11.8 Å². The van der Waals surface area contributed by atoms with Crippen LogP contribution in [0, 0.1) is 11.3 Å². The van der Waals surface area contributed by atoms with Crippen LogP contribution in [-0.2, 0) is 22.1 Å². The zero-order chi connectivity index (χ0) is 17.8. The first-order valence-corrected chi connectivity index (χ1v) is 6.03. The summed E-state index contributed by atoms with van der Waals surface area (Å²) < 4.78 is 83.6. The smallest absolute Gasteiger partial charge is 0.466 e. The molecular formula is C13H9F6NO3. The van der Waals surface area contributed by atoms with Crippen LogP contribution in [0.3, 0.4) is 0 Å². The Balaban J connectivity index is 3.41. The molecule has 0 unspecified atom stereocenters. The van der Waals surface area contributed by atoms with Crippen LogP contribution in [0.4, 0.5) is 26.3 Å². The van der Waals surface area contributed by atoms with Gasteiger partial charge < -0.3 is 9.47 Å². The maximum absolute atomic E-state index is 12.9. The van der Waals surface area contributed by atoms with Crippen molar-refractivity contribution in [1.29, 1.82) is 5.26 Å². The third-order valence-electron chi connectivity index (χ3n) is 2.50. The average molecular weight is 341 g/mol. The zero-order valence-electron chi connectivity index (χ0n) is 11.5. The van der Waals surface area contributed by atoms with Gasteiger partial charge in [0.15, 0.2) is 0 Å². The molecular weight excluding hydrogens is 332 g/mol. The Morgan fingerprint density at radius 2 is 1.83 bits per heavy atom. The second kappa shape index (κ2) is 6.76. The lowest BCUT2D eigenvalue weighted by Crippen LogP contribution is -2.20. The van der Waals surface area contributed by atoms with E-state index in [0.717, 1.165) is 0 Å². The highest BCUT2D eigenvalue weighted by molar-refractivity contribution is 5.73. The number of benzene rings is 1. The van der Waals surface area contributed by atoms with Crippen molar-refractivity contribution in [2.75, 3.05) is 6.61 Å². The molecule has 10 heteroatoms. The molecule has 0 aliphatic heterocycles. The van der Waals surface area contributed by atoms with Gasteiger partial charge in [-0.15, -0.1) is 13.2 Å². The SMILES string of the molecule is CCOC(=O)Cc1cc(OC(F)(F)F)c(C#N)cc1C(F)(F)F. The standard InChI is InChI=1S/C13H9F6NO3/c1-2-22-11(21)5-7-4-10(23-13(17,18)19)8(6-20)3-9(7)12(14,15)16/h3-4H,2,5H2,1H3. The molecule has 0 saturated carbocycles. The van der Waals surface area contributed by atoms with Crippen molar-refractivity contribution >= 4 is 5.97 Å². The summed E-state index contributed by atoms with van der Waals surface area (Å²) >= 11 is 0. The fourth-order valence-electron chi connectivity index (χ4n) is 1.70. The Morgan fingerprint density at radius 1 is 1.22 bits per heavy atom. The lowest BCUT2D eigenvalue weighted by molar-refractivity contribution is -0.274. The molecule has 0 amide bonds. The van der Waals surface area contributed by atoms with Gasteiger partial charge in [0.25, 0.3) is 0 Å². The highest BCUT2D eigenvalue weighted by Crippen LogP contribution is 2.37. The number of ether oxygens (including phenoxy) is 2. The molecule has 1 rings (SSSR count). The summed E-state index contributed by atoms with van der Waals surface area (Å²) in [4.78, 5) is 11.3. The van der Waals surface area contributed by atoms with Crippen molar-refractivity contribution in [2.24, 2.45) is 0 Å². The summed E-state index contributed by atoms with van der Waals surface area (Å²) in [5, 5.41) is 8.71. The van der Waals surface area contributed by atoms with E-state index in [2.05, 4.69) is 9.47 Å². The van der Waals surface area contributed by atoms with Crippen LogP contribution in [0.25, 0.3) is 0 Å². The first kappa shape index (κ1) is 18.6. The molecule has 0 atom stereocenters. The molecule has 23 heavy (non-hydrogen) atoms.